The summed E-state index contributed by atoms with van der Waals surface area (Å²) in [5.74, 6) is 0. The van der Waals surface area contributed by atoms with Gasteiger partial charge < -0.3 is 19.1 Å². The topological polar surface area (TPSA) is 112 Å². The summed E-state index contributed by atoms with van der Waals surface area (Å²) in [5.41, 5.74) is 0.174. The fourth-order valence-corrected chi connectivity index (χ4v) is 5.01. The van der Waals surface area contributed by atoms with Crippen molar-refractivity contribution in [2.45, 2.75) is 84.2 Å². The highest BCUT2D eigenvalue weighted by Gasteiger charge is 2.38. The number of fused-ring (bicyclic) bond motifs is 1. The fraction of sp³-hybridized carbons (Fsp3) is 0.467. The number of likely N-dealkylation sites (tertiary alicyclic amines) is 1. The number of hydrogen-bond acceptors (Lipinski definition) is 7. The van der Waals surface area contributed by atoms with Crippen LogP contribution in [-0.2, 0) is 14.2 Å². The predicted molar refractivity (Wildman–Crippen MR) is 161 cm³/mol. The zero-order valence-corrected chi connectivity index (χ0v) is 26.1. The number of carbonyl (C=O) groups excluding carboxylic acids is 3. The first-order valence-electron chi connectivity index (χ1n) is 13.7. The average Bonchev–Trinajstić information content (AvgIpc) is 3.30. The second-order valence-electron chi connectivity index (χ2n) is 12.2. The van der Waals surface area contributed by atoms with Crippen LogP contribution in [0, 0.1) is 0 Å². The van der Waals surface area contributed by atoms with E-state index in [1.807, 2.05) is 0 Å². The molecule has 1 aromatic heterocycles. The van der Waals surface area contributed by atoms with E-state index in [0.717, 1.165) is 17.5 Å². The number of piperidine rings is 1. The van der Waals surface area contributed by atoms with Gasteiger partial charge in [0.1, 0.15) is 17.3 Å². The van der Waals surface area contributed by atoms with Gasteiger partial charge in [-0.15, -0.1) is 0 Å². The second kappa shape index (κ2) is 12.4. The van der Waals surface area contributed by atoms with Crippen LogP contribution in [0.1, 0.15) is 72.5 Å². The largest absolute Gasteiger partial charge is 0.444 e. The van der Waals surface area contributed by atoms with Crippen LogP contribution in [0.4, 0.5) is 20.1 Å². The summed E-state index contributed by atoms with van der Waals surface area (Å²) >= 11 is 12.5. The van der Waals surface area contributed by atoms with Gasteiger partial charge in [-0.05, 0) is 96.7 Å². The van der Waals surface area contributed by atoms with Crippen molar-refractivity contribution in [1.82, 2.24) is 14.7 Å². The van der Waals surface area contributed by atoms with E-state index in [4.69, 9.17) is 37.4 Å². The lowest BCUT2D eigenvalue weighted by molar-refractivity contribution is -0.0199. The van der Waals surface area contributed by atoms with E-state index >= 15 is 0 Å². The Balaban J connectivity index is 1.58. The normalized spacial score (nSPS) is 16.6. The van der Waals surface area contributed by atoms with Gasteiger partial charge in [0.25, 0.3) is 0 Å². The predicted octanol–water partition coefficient (Wildman–Crippen LogP) is 8.21. The van der Waals surface area contributed by atoms with Gasteiger partial charge in [-0.25, -0.2) is 14.4 Å². The summed E-state index contributed by atoms with van der Waals surface area (Å²) in [4.78, 5) is 40.6. The van der Waals surface area contributed by atoms with Crippen molar-refractivity contribution in [3.8, 4) is 0 Å². The third-order valence-corrected chi connectivity index (χ3v) is 7.15. The van der Waals surface area contributed by atoms with Gasteiger partial charge in [-0.2, -0.15) is 9.78 Å². The van der Waals surface area contributed by atoms with Crippen LogP contribution in [-0.4, -0.2) is 56.7 Å². The van der Waals surface area contributed by atoms with Crippen molar-refractivity contribution in [2.75, 3.05) is 11.9 Å². The Kier molecular flexibility index (Phi) is 9.27. The van der Waals surface area contributed by atoms with Gasteiger partial charge in [0.15, 0.2) is 0 Å². The Morgan fingerprint density at radius 1 is 0.929 bits per heavy atom. The molecule has 1 fully saturated rings. The van der Waals surface area contributed by atoms with E-state index < -0.39 is 41.6 Å². The van der Waals surface area contributed by atoms with Crippen LogP contribution >= 0.6 is 23.2 Å². The highest BCUT2D eigenvalue weighted by Crippen LogP contribution is 2.36. The first kappa shape index (κ1) is 31.4. The van der Waals surface area contributed by atoms with E-state index in [2.05, 4.69) is 10.4 Å². The number of nitrogens with one attached hydrogen (secondary N) is 1. The number of benzene rings is 2. The quantitative estimate of drug-likeness (QED) is 0.293. The molecule has 1 saturated heterocycles. The van der Waals surface area contributed by atoms with Crippen molar-refractivity contribution < 1.29 is 28.6 Å². The SMILES string of the molecule is CC(C)(C)OC(=O)N1CCCC[C@H]1[C@@H](OC(=O)Nc1ccc2c(cnn2C(=O)OC(C)(C)C)c1)c1ccc(Cl)c(Cl)c1. The summed E-state index contributed by atoms with van der Waals surface area (Å²) < 4.78 is 18.2. The van der Waals surface area contributed by atoms with Gasteiger partial charge >= 0.3 is 18.3 Å². The summed E-state index contributed by atoms with van der Waals surface area (Å²) in [6, 6.07) is 9.46. The van der Waals surface area contributed by atoms with E-state index in [-0.39, 0.29) is 0 Å². The molecule has 2 aromatic carbocycles. The summed E-state index contributed by atoms with van der Waals surface area (Å²) in [7, 11) is 0. The minimum atomic E-state index is -0.855. The minimum absolute atomic E-state index is 0.301. The zero-order chi connectivity index (χ0) is 30.8. The lowest BCUT2D eigenvalue weighted by Gasteiger charge is -2.40. The molecule has 12 heteroatoms. The van der Waals surface area contributed by atoms with Crippen molar-refractivity contribution >= 4 is 58.1 Å². The Morgan fingerprint density at radius 2 is 1.62 bits per heavy atom. The standard InChI is InChI=1S/C30H36Cl2N4O6/c1-29(2,3)41-27(38)35-14-8-7-9-24(35)25(18-10-12-21(31)22(32)16-18)40-26(37)34-20-11-13-23-19(15-20)17-33-36(23)28(39)42-30(4,5)6/h10-13,15-17,24-25H,7-9,14H2,1-6H3,(H,34,37)/t24-,25-/m0/s1. The zero-order valence-electron chi connectivity index (χ0n) is 24.6. The summed E-state index contributed by atoms with van der Waals surface area (Å²) in [6.45, 7) is 11.2. The maximum absolute atomic E-state index is 13.3. The van der Waals surface area contributed by atoms with Crippen molar-refractivity contribution in [1.29, 1.82) is 0 Å². The summed E-state index contributed by atoms with van der Waals surface area (Å²) in [6.07, 6.45) is 1.06. The Morgan fingerprint density at radius 3 is 2.29 bits per heavy atom. The maximum atomic E-state index is 13.3. The average molecular weight is 620 g/mol. The molecule has 226 valence electrons. The number of nitrogens with zero attached hydrogens (tertiary/aromatic N) is 3. The molecule has 2 atom stereocenters. The molecule has 1 aliphatic rings. The van der Waals surface area contributed by atoms with Crippen LogP contribution in [0.25, 0.3) is 10.9 Å². The van der Waals surface area contributed by atoms with Crippen LogP contribution in [0.5, 0.6) is 0 Å². The monoisotopic (exact) mass is 618 g/mol. The number of hydrogen-bond donors (Lipinski definition) is 1. The molecule has 2 heterocycles. The number of anilines is 1. The van der Waals surface area contributed by atoms with Crippen molar-refractivity contribution in [2.24, 2.45) is 0 Å². The molecule has 42 heavy (non-hydrogen) atoms. The molecular formula is C30H36Cl2N4O6. The molecular weight excluding hydrogens is 583 g/mol. The van der Waals surface area contributed by atoms with Gasteiger partial charge in [-0.1, -0.05) is 29.3 Å². The van der Waals surface area contributed by atoms with E-state index in [9.17, 15) is 14.4 Å². The number of carbonyl (C=O) groups is 3. The second-order valence-corrected chi connectivity index (χ2v) is 13.0. The first-order valence-corrected chi connectivity index (χ1v) is 14.5. The molecule has 2 amide bonds. The molecule has 0 radical (unpaired) electrons. The lowest BCUT2D eigenvalue weighted by atomic mass is 9.93. The van der Waals surface area contributed by atoms with Crippen LogP contribution in [0.15, 0.2) is 42.6 Å². The van der Waals surface area contributed by atoms with Gasteiger partial charge in [0, 0.05) is 17.6 Å². The molecule has 0 bridgehead atoms. The minimum Gasteiger partial charge on any atom is -0.444 e. The molecule has 0 spiro atoms. The molecule has 10 nitrogen and oxygen atoms in total. The molecule has 4 rings (SSSR count). The van der Waals surface area contributed by atoms with E-state index in [0.29, 0.717) is 45.2 Å². The molecule has 3 aromatic rings. The number of amides is 2. The number of halogens is 2. The fourth-order valence-electron chi connectivity index (χ4n) is 4.70. The van der Waals surface area contributed by atoms with Gasteiger partial charge in [0.2, 0.25) is 0 Å². The molecule has 0 aliphatic carbocycles. The highest BCUT2D eigenvalue weighted by molar-refractivity contribution is 6.42. The van der Waals surface area contributed by atoms with Gasteiger partial charge in [0.05, 0.1) is 27.8 Å². The first-order chi connectivity index (χ1) is 19.6. The van der Waals surface area contributed by atoms with Gasteiger partial charge in [-0.3, -0.25) is 5.32 Å². The Bertz CT molecular complexity index is 1480. The van der Waals surface area contributed by atoms with Crippen LogP contribution in [0.2, 0.25) is 10.0 Å². The number of ether oxygens (including phenoxy) is 3. The third kappa shape index (κ3) is 7.86. The third-order valence-electron chi connectivity index (χ3n) is 6.41. The smallest absolute Gasteiger partial charge is 0.435 e. The van der Waals surface area contributed by atoms with Crippen molar-refractivity contribution in [3.63, 3.8) is 0 Å². The van der Waals surface area contributed by atoms with Crippen LogP contribution in [0.3, 0.4) is 0 Å². The highest BCUT2D eigenvalue weighted by atomic mass is 35.5. The molecule has 1 N–H and O–H groups in total. The Labute approximate surface area is 255 Å². The molecule has 0 saturated carbocycles. The maximum Gasteiger partial charge on any atom is 0.435 e. The molecule has 0 unspecified atom stereocenters. The summed E-state index contributed by atoms with van der Waals surface area (Å²) in [5, 5.41) is 8.16. The van der Waals surface area contributed by atoms with E-state index in [1.54, 1.807) is 82.8 Å². The van der Waals surface area contributed by atoms with E-state index in [1.165, 1.54) is 6.20 Å². The van der Waals surface area contributed by atoms with Crippen molar-refractivity contribution in [3.05, 3.63) is 58.2 Å². The van der Waals surface area contributed by atoms with Crippen LogP contribution < -0.4 is 5.32 Å². The number of aromatic nitrogens is 2. The Hall–Kier alpha value is -3.50. The lowest BCUT2D eigenvalue weighted by Crippen LogP contribution is -2.49. The number of rotatable bonds is 4. The molecule has 1 aliphatic heterocycles.